The van der Waals surface area contributed by atoms with E-state index in [1.807, 2.05) is 37.1 Å². The molecule has 0 saturated heterocycles. The van der Waals surface area contributed by atoms with Crippen molar-refractivity contribution in [2.75, 3.05) is 23.8 Å². The number of aryl methyl sites for hydroxylation is 1. The summed E-state index contributed by atoms with van der Waals surface area (Å²) in [5.41, 5.74) is 0.920. The molecular formula is C14H16N6. The first-order valence-electron chi connectivity index (χ1n) is 6.30. The maximum absolute atomic E-state index is 8.64. The number of pyridine rings is 1. The third kappa shape index (κ3) is 3.65. The fourth-order valence-corrected chi connectivity index (χ4v) is 1.73. The zero-order valence-electron chi connectivity index (χ0n) is 11.5. The number of nitrogens with zero attached hydrogens (tertiary/aromatic N) is 5. The average molecular weight is 268 g/mol. The molecule has 2 aromatic rings. The van der Waals surface area contributed by atoms with Gasteiger partial charge in [0.15, 0.2) is 0 Å². The van der Waals surface area contributed by atoms with Crippen LogP contribution in [0, 0.1) is 18.3 Å². The lowest BCUT2D eigenvalue weighted by molar-refractivity contribution is 0.871. The Morgan fingerprint density at radius 1 is 1.30 bits per heavy atom. The van der Waals surface area contributed by atoms with Crippen molar-refractivity contribution in [2.45, 2.75) is 13.3 Å². The van der Waals surface area contributed by atoms with Crippen molar-refractivity contribution in [3.8, 4) is 6.07 Å². The lowest BCUT2D eigenvalue weighted by atomic mass is 10.3. The minimum Gasteiger partial charge on any atom is -0.358 e. The molecule has 0 radical (unpaired) electrons. The maximum atomic E-state index is 8.64. The molecule has 2 aromatic heterocycles. The molecular weight excluding hydrogens is 252 g/mol. The second kappa shape index (κ2) is 6.48. The molecule has 0 saturated carbocycles. The van der Waals surface area contributed by atoms with Gasteiger partial charge in [0, 0.05) is 37.7 Å². The fraction of sp³-hybridized carbons (Fsp3) is 0.286. The van der Waals surface area contributed by atoms with Crippen LogP contribution in [0.4, 0.5) is 17.3 Å². The van der Waals surface area contributed by atoms with Gasteiger partial charge in [-0.15, -0.1) is 0 Å². The van der Waals surface area contributed by atoms with Gasteiger partial charge in [0.2, 0.25) is 0 Å². The largest absolute Gasteiger partial charge is 0.358 e. The molecule has 0 atom stereocenters. The highest BCUT2D eigenvalue weighted by atomic mass is 15.2. The molecule has 102 valence electrons. The van der Waals surface area contributed by atoms with Crippen molar-refractivity contribution < 1.29 is 0 Å². The Bertz CT molecular complexity index is 605. The quantitative estimate of drug-likeness (QED) is 0.896. The van der Waals surface area contributed by atoms with E-state index in [0.717, 1.165) is 17.3 Å². The minimum atomic E-state index is 0.465. The SMILES string of the molecule is Cc1nc(Nc2ccncc2)cc(N(C)CCC#N)n1. The molecule has 6 heteroatoms. The molecule has 0 amide bonds. The highest BCUT2D eigenvalue weighted by molar-refractivity contribution is 5.58. The molecule has 0 fully saturated rings. The van der Waals surface area contributed by atoms with Crippen molar-refractivity contribution in [3.05, 3.63) is 36.4 Å². The van der Waals surface area contributed by atoms with E-state index in [0.29, 0.717) is 18.8 Å². The monoisotopic (exact) mass is 268 g/mol. The number of hydrogen-bond acceptors (Lipinski definition) is 6. The first-order chi connectivity index (χ1) is 9.69. The van der Waals surface area contributed by atoms with Gasteiger partial charge in [-0.1, -0.05) is 0 Å². The lowest BCUT2D eigenvalue weighted by Crippen LogP contribution is -2.20. The van der Waals surface area contributed by atoms with Crippen LogP contribution in [0.2, 0.25) is 0 Å². The standard InChI is InChI=1S/C14H16N6/c1-11-17-13(19-12-4-7-16-8-5-12)10-14(18-11)20(2)9-3-6-15/h4-5,7-8,10H,3,9H2,1-2H3,(H,16,17,18,19). The first kappa shape index (κ1) is 13.7. The van der Waals surface area contributed by atoms with E-state index in [9.17, 15) is 0 Å². The Balaban J connectivity index is 2.18. The van der Waals surface area contributed by atoms with E-state index < -0.39 is 0 Å². The predicted molar refractivity (Wildman–Crippen MR) is 77.8 cm³/mol. The van der Waals surface area contributed by atoms with E-state index in [2.05, 4.69) is 26.3 Å². The Morgan fingerprint density at radius 2 is 2.05 bits per heavy atom. The molecule has 0 aliphatic rings. The molecule has 20 heavy (non-hydrogen) atoms. The molecule has 1 N–H and O–H groups in total. The topological polar surface area (TPSA) is 77.7 Å². The molecule has 0 aliphatic carbocycles. The minimum absolute atomic E-state index is 0.465. The van der Waals surface area contributed by atoms with Crippen molar-refractivity contribution >= 4 is 17.3 Å². The van der Waals surface area contributed by atoms with Gasteiger partial charge >= 0.3 is 0 Å². The number of aromatic nitrogens is 3. The summed E-state index contributed by atoms with van der Waals surface area (Å²) >= 11 is 0. The van der Waals surface area contributed by atoms with E-state index in [1.165, 1.54) is 0 Å². The van der Waals surface area contributed by atoms with Gasteiger partial charge < -0.3 is 10.2 Å². The second-order valence-electron chi connectivity index (χ2n) is 4.35. The van der Waals surface area contributed by atoms with Crippen LogP contribution < -0.4 is 10.2 Å². The smallest absolute Gasteiger partial charge is 0.136 e. The van der Waals surface area contributed by atoms with Crippen LogP contribution in [0.25, 0.3) is 0 Å². The molecule has 6 nitrogen and oxygen atoms in total. The van der Waals surface area contributed by atoms with Gasteiger partial charge in [0.05, 0.1) is 12.5 Å². The number of anilines is 3. The third-order valence-electron chi connectivity index (χ3n) is 2.73. The van der Waals surface area contributed by atoms with Crippen LogP contribution in [0.1, 0.15) is 12.2 Å². The molecule has 0 unspecified atom stereocenters. The van der Waals surface area contributed by atoms with E-state index >= 15 is 0 Å². The summed E-state index contributed by atoms with van der Waals surface area (Å²) in [6.45, 7) is 2.49. The van der Waals surface area contributed by atoms with Crippen LogP contribution in [0.15, 0.2) is 30.6 Å². The third-order valence-corrected chi connectivity index (χ3v) is 2.73. The van der Waals surface area contributed by atoms with Crippen molar-refractivity contribution in [1.29, 1.82) is 5.26 Å². The molecule has 0 spiro atoms. The highest BCUT2D eigenvalue weighted by Crippen LogP contribution is 2.18. The Hall–Kier alpha value is -2.68. The Labute approximate surface area is 118 Å². The fourth-order valence-electron chi connectivity index (χ4n) is 1.73. The second-order valence-corrected chi connectivity index (χ2v) is 4.35. The summed E-state index contributed by atoms with van der Waals surface area (Å²) in [4.78, 5) is 14.7. The first-order valence-corrected chi connectivity index (χ1v) is 6.30. The van der Waals surface area contributed by atoms with E-state index in [-0.39, 0.29) is 0 Å². The normalized spacial score (nSPS) is 9.85. The zero-order chi connectivity index (χ0) is 14.4. The van der Waals surface area contributed by atoms with Gasteiger partial charge in [-0.2, -0.15) is 5.26 Å². The van der Waals surface area contributed by atoms with Crippen LogP contribution in [0.5, 0.6) is 0 Å². The molecule has 2 rings (SSSR count). The highest BCUT2D eigenvalue weighted by Gasteiger charge is 2.06. The lowest BCUT2D eigenvalue weighted by Gasteiger charge is -2.18. The van der Waals surface area contributed by atoms with Crippen molar-refractivity contribution in [3.63, 3.8) is 0 Å². The zero-order valence-corrected chi connectivity index (χ0v) is 11.5. The maximum Gasteiger partial charge on any atom is 0.136 e. The van der Waals surface area contributed by atoms with Crippen LogP contribution in [-0.4, -0.2) is 28.5 Å². The molecule has 0 aliphatic heterocycles. The molecule has 2 heterocycles. The van der Waals surface area contributed by atoms with E-state index in [1.54, 1.807) is 12.4 Å². The van der Waals surface area contributed by atoms with Gasteiger partial charge in [-0.25, -0.2) is 9.97 Å². The van der Waals surface area contributed by atoms with Crippen molar-refractivity contribution in [1.82, 2.24) is 15.0 Å². The van der Waals surface area contributed by atoms with E-state index in [4.69, 9.17) is 5.26 Å². The molecule has 0 aromatic carbocycles. The van der Waals surface area contributed by atoms with Gasteiger partial charge in [-0.3, -0.25) is 4.98 Å². The average Bonchev–Trinajstić information content (AvgIpc) is 2.45. The summed E-state index contributed by atoms with van der Waals surface area (Å²) in [6.07, 6.45) is 3.90. The molecule has 0 bridgehead atoms. The summed E-state index contributed by atoms with van der Waals surface area (Å²) in [6, 6.07) is 7.74. The summed E-state index contributed by atoms with van der Waals surface area (Å²) in [7, 11) is 1.91. The van der Waals surface area contributed by atoms with Crippen molar-refractivity contribution in [2.24, 2.45) is 0 Å². The summed E-state index contributed by atoms with van der Waals surface area (Å²) in [5.74, 6) is 2.20. The van der Waals surface area contributed by atoms with Gasteiger partial charge in [0.1, 0.15) is 17.5 Å². The number of rotatable bonds is 5. The number of nitrogens with one attached hydrogen (secondary N) is 1. The van der Waals surface area contributed by atoms with Gasteiger partial charge in [-0.05, 0) is 19.1 Å². The predicted octanol–water partition coefficient (Wildman–Crippen LogP) is 2.27. The summed E-state index contributed by atoms with van der Waals surface area (Å²) in [5, 5.41) is 11.9. The Kier molecular flexibility index (Phi) is 4.45. The van der Waals surface area contributed by atoms with Gasteiger partial charge in [0.25, 0.3) is 0 Å². The summed E-state index contributed by atoms with van der Waals surface area (Å²) < 4.78 is 0. The number of nitriles is 1. The number of hydrogen-bond donors (Lipinski definition) is 1. The Morgan fingerprint density at radius 3 is 2.75 bits per heavy atom. The van der Waals surface area contributed by atoms with Crippen LogP contribution >= 0.6 is 0 Å². The van der Waals surface area contributed by atoms with Crippen LogP contribution in [-0.2, 0) is 0 Å². The van der Waals surface area contributed by atoms with Crippen LogP contribution in [0.3, 0.4) is 0 Å².